The summed E-state index contributed by atoms with van der Waals surface area (Å²) in [5, 5.41) is 12.2. The average molecular weight is 197 g/mol. The van der Waals surface area contributed by atoms with Crippen molar-refractivity contribution < 1.29 is 0 Å². The van der Waals surface area contributed by atoms with Crippen LogP contribution in [0.3, 0.4) is 0 Å². The van der Waals surface area contributed by atoms with E-state index >= 15 is 0 Å². The maximum atomic E-state index is 4.00. The van der Waals surface area contributed by atoms with E-state index < -0.39 is 0 Å². The van der Waals surface area contributed by atoms with Crippen molar-refractivity contribution >= 4 is 16.5 Å². The van der Waals surface area contributed by atoms with Crippen LogP contribution in [0.4, 0.5) is 5.13 Å². The summed E-state index contributed by atoms with van der Waals surface area (Å²) >= 11 is 1.58. The standard InChI is InChI=1S/C9H15N3S/c1-6-3-4-8(7(6)2)11-9-12-10-5-13-9/h5-8H,3-4H2,1-2H3,(H,11,12). The van der Waals surface area contributed by atoms with E-state index in [1.807, 2.05) is 0 Å². The van der Waals surface area contributed by atoms with E-state index in [0.717, 1.165) is 17.0 Å². The molecule has 0 amide bonds. The zero-order valence-corrected chi connectivity index (χ0v) is 8.84. The van der Waals surface area contributed by atoms with Crippen molar-refractivity contribution in [2.45, 2.75) is 32.7 Å². The lowest BCUT2D eigenvalue weighted by molar-refractivity contribution is 0.435. The smallest absolute Gasteiger partial charge is 0.205 e. The SMILES string of the molecule is CC1CCC(Nc2nncs2)C1C. The lowest BCUT2D eigenvalue weighted by Gasteiger charge is -2.18. The van der Waals surface area contributed by atoms with Gasteiger partial charge >= 0.3 is 0 Å². The number of anilines is 1. The van der Waals surface area contributed by atoms with E-state index in [2.05, 4.69) is 29.4 Å². The molecule has 1 aromatic heterocycles. The number of aromatic nitrogens is 2. The Hall–Kier alpha value is -0.640. The summed E-state index contributed by atoms with van der Waals surface area (Å²) in [5.74, 6) is 1.59. The molecule has 0 spiro atoms. The van der Waals surface area contributed by atoms with E-state index in [1.165, 1.54) is 12.8 Å². The molecule has 0 bridgehead atoms. The molecular weight excluding hydrogens is 182 g/mol. The molecule has 3 nitrogen and oxygen atoms in total. The number of rotatable bonds is 2. The van der Waals surface area contributed by atoms with Crippen LogP contribution in [-0.4, -0.2) is 16.2 Å². The van der Waals surface area contributed by atoms with Gasteiger partial charge in [-0.3, -0.25) is 0 Å². The predicted molar refractivity (Wildman–Crippen MR) is 54.9 cm³/mol. The van der Waals surface area contributed by atoms with Gasteiger partial charge in [-0.2, -0.15) is 0 Å². The van der Waals surface area contributed by atoms with Crippen molar-refractivity contribution in [1.82, 2.24) is 10.2 Å². The maximum Gasteiger partial charge on any atom is 0.205 e. The van der Waals surface area contributed by atoms with E-state index in [9.17, 15) is 0 Å². The Morgan fingerprint density at radius 2 is 2.31 bits per heavy atom. The Kier molecular flexibility index (Phi) is 2.49. The van der Waals surface area contributed by atoms with Crippen LogP contribution in [0.25, 0.3) is 0 Å². The Labute approximate surface area is 82.6 Å². The number of hydrogen-bond donors (Lipinski definition) is 1. The largest absolute Gasteiger partial charge is 0.357 e. The fourth-order valence-corrected chi connectivity index (χ4v) is 2.47. The second-order valence-electron chi connectivity index (χ2n) is 3.91. The molecule has 2 rings (SSSR count). The predicted octanol–water partition coefficient (Wildman–Crippen LogP) is 2.38. The third-order valence-corrected chi connectivity index (χ3v) is 3.76. The molecule has 1 N–H and O–H groups in total. The fourth-order valence-electron chi connectivity index (χ4n) is 1.96. The summed E-state index contributed by atoms with van der Waals surface area (Å²) in [7, 11) is 0. The second kappa shape index (κ2) is 3.62. The van der Waals surface area contributed by atoms with Gasteiger partial charge < -0.3 is 5.32 Å². The molecule has 1 aliphatic rings. The third kappa shape index (κ3) is 1.82. The van der Waals surface area contributed by atoms with E-state index in [-0.39, 0.29) is 0 Å². The average Bonchev–Trinajstić information content (AvgIpc) is 2.71. The quantitative estimate of drug-likeness (QED) is 0.791. The molecular formula is C9H15N3S. The summed E-state index contributed by atoms with van der Waals surface area (Å²) in [5.41, 5.74) is 1.77. The highest BCUT2D eigenvalue weighted by molar-refractivity contribution is 7.13. The summed E-state index contributed by atoms with van der Waals surface area (Å²) in [6.07, 6.45) is 2.60. The molecule has 3 atom stereocenters. The number of hydrogen-bond acceptors (Lipinski definition) is 4. The van der Waals surface area contributed by atoms with Gasteiger partial charge in [0.15, 0.2) is 0 Å². The minimum Gasteiger partial charge on any atom is -0.357 e. The molecule has 4 heteroatoms. The van der Waals surface area contributed by atoms with Crippen molar-refractivity contribution in [3.05, 3.63) is 5.51 Å². The highest BCUT2D eigenvalue weighted by Gasteiger charge is 2.29. The first-order chi connectivity index (χ1) is 6.27. The summed E-state index contributed by atoms with van der Waals surface area (Å²) in [6.45, 7) is 4.64. The highest BCUT2D eigenvalue weighted by Crippen LogP contribution is 2.33. The molecule has 1 aromatic rings. The normalized spacial score (nSPS) is 33.5. The van der Waals surface area contributed by atoms with Crippen LogP contribution in [0.5, 0.6) is 0 Å². The minimum absolute atomic E-state index is 0.600. The van der Waals surface area contributed by atoms with Gasteiger partial charge in [0.05, 0.1) is 0 Å². The summed E-state index contributed by atoms with van der Waals surface area (Å²) < 4.78 is 0. The Bertz CT molecular complexity index is 260. The lowest BCUT2D eigenvalue weighted by atomic mass is 9.98. The lowest BCUT2D eigenvalue weighted by Crippen LogP contribution is -2.23. The van der Waals surface area contributed by atoms with Crippen LogP contribution in [0.2, 0.25) is 0 Å². The molecule has 1 saturated carbocycles. The summed E-state index contributed by atoms with van der Waals surface area (Å²) in [6, 6.07) is 0.600. The number of nitrogens with zero attached hydrogens (tertiary/aromatic N) is 2. The molecule has 1 heterocycles. The van der Waals surface area contributed by atoms with Gasteiger partial charge in [-0.05, 0) is 24.7 Å². The Morgan fingerprint density at radius 3 is 2.85 bits per heavy atom. The van der Waals surface area contributed by atoms with Crippen molar-refractivity contribution in [3.8, 4) is 0 Å². The van der Waals surface area contributed by atoms with E-state index in [0.29, 0.717) is 6.04 Å². The molecule has 1 aliphatic carbocycles. The maximum absolute atomic E-state index is 4.00. The van der Waals surface area contributed by atoms with Gasteiger partial charge in [0.25, 0.3) is 0 Å². The molecule has 0 aromatic carbocycles. The van der Waals surface area contributed by atoms with Gasteiger partial charge in [-0.25, -0.2) is 0 Å². The zero-order valence-electron chi connectivity index (χ0n) is 8.03. The van der Waals surface area contributed by atoms with Crippen molar-refractivity contribution in [2.75, 3.05) is 5.32 Å². The highest BCUT2D eigenvalue weighted by atomic mass is 32.1. The van der Waals surface area contributed by atoms with Crippen LogP contribution in [-0.2, 0) is 0 Å². The monoisotopic (exact) mass is 197 g/mol. The van der Waals surface area contributed by atoms with Gasteiger partial charge in [0, 0.05) is 6.04 Å². The van der Waals surface area contributed by atoms with E-state index in [1.54, 1.807) is 16.8 Å². The van der Waals surface area contributed by atoms with Crippen LogP contribution in [0.1, 0.15) is 26.7 Å². The minimum atomic E-state index is 0.600. The van der Waals surface area contributed by atoms with Gasteiger partial charge in [-0.15, -0.1) is 10.2 Å². The third-order valence-electron chi connectivity index (χ3n) is 3.13. The Morgan fingerprint density at radius 1 is 1.46 bits per heavy atom. The summed E-state index contributed by atoms with van der Waals surface area (Å²) in [4.78, 5) is 0. The molecule has 72 valence electrons. The van der Waals surface area contributed by atoms with Crippen molar-refractivity contribution in [1.29, 1.82) is 0 Å². The molecule has 1 fully saturated rings. The van der Waals surface area contributed by atoms with Crippen molar-refractivity contribution in [2.24, 2.45) is 11.8 Å². The van der Waals surface area contributed by atoms with Crippen LogP contribution < -0.4 is 5.32 Å². The topological polar surface area (TPSA) is 37.8 Å². The molecule has 0 saturated heterocycles. The van der Waals surface area contributed by atoms with Crippen LogP contribution in [0.15, 0.2) is 5.51 Å². The van der Waals surface area contributed by atoms with Crippen LogP contribution in [0, 0.1) is 11.8 Å². The van der Waals surface area contributed by atoms with Gasteiger partial charge in [0.2, 0.25) is 5.13 Å². The van der Waals surface area contributed by atoms with Gasteiger partial charge in [-0.1, -0.05) is 25.2 Å². The molecule has 3 unspecified atom stereocenters. The molecule has 13 heavy (non-hydrogen) atoms. The number of nitrogens with one attached hydrogen (secondary N) is 1. The van der Waals surface area contributed by atoms with Gasteiger partial charge in [0.1, 0.15) is 5.51 Å². The first-order valence-electron chi connectivity index (χ1n) is 4.80. The second-order valence-corrected chi connectivity index (χ2v) is 4.74. The first kappa shape index (κ1) is 8.94. The molecule has 0 aliphatic heterocycles. The first-order valence-corrected chi connectivity index (χ1v) is 5.68. The Balaban J connectivity index is 1.96. The molecule has 0 radical (unpaired) electrons. The van der Waals surface area contributed by atoms with E-state index in [4.69, 9.17) is 0 Å². The van der Waals surface area contributed by atoms with Crippen molar-refractivity contribution in [3.63, 3.8) is 0 Å². The zero-order chi connectivity index (χ0) is 9.26. The fraction of sp³-hybridized carbons (Fsp3) is 0.778. The van der Waals surface area contributed by atoms with Crippen LogP contribution >= 0.6 is 11.3 Å².